The second-order valence-electron chi connectivity index (χ2n) is 2.78. The maximum Gasteiger partial charge on any atom is 0.240 e. The van der Waals surface area contributed by atoms with Gasteiger partial charge in [0.05, 0.1) is 0 Å². The van der Waals surface area contributed by atoms with Crippen molar-refractivity contribution >= 4 is 11.6 Å². The van der Waals surface area contributed by atoms with Crippen molar-refractivity contribution in [1.82, 2.24) is 0 Å². The van der Waals surface area contributed by atoms with Crippen LogP contribution in [0.4, 0.5) is 8.78 Å². The van der Waals surface area contributed by atoms with Crippen molar-refractivity contribution in [2.45, 2.75) is 18.9 Å². The highest BCUT2D eigenvalue weighted by molar-refractivity contribution is 6.30. The summed E-state index contributed by atoms with van der Waals surface area (Å²) in [5.41, 5.74) is 6.21. The fourth-order valence-electron chi connectivity index (χ4n) is 1.04. The summed E-state index contributed by atoms with van der Waals surface area (Å²) in [4.78, 5) is 0. The SMILES string of the molecule is N[C@H](CC(F)F)c1ccc(Cl)cc1. The van der Waals surface area contributed by atoms with E-state index in [-0.39, 0.29) is 6.42 Å². The van der Waals surface area contributed by atoms with Crippen molar-refractivity contribution in [3.8, 4) is 0 Å². The molecule has 1 aromatic carbocycles. The second kappa shape index (κ2) is 4.53. The zero-order valence-corrected chi connectivity index (χ0v) is 7.64. The van der Waals surface area contributed by atoms with Gasteiger partial charge in [0.15, 0.2) is 0 Å². The fourth-order valence-corrected chi connectivity index (χ4v) is 1.16. The van der Waals surface area contributed by atoms with E-state index in [4.69, 9.17) is 17.3 Å². The predicted octanol–water partition coefficient (Wildman–Crippen LogP) is 3.00. The average molecular weight is 206 g/mol. The molecular weight excluding hydrogens is 196 g/mol. The summed E-state index contributed by atoms with van der Waals surface area (Å²) in [5.74, 6) is 0. The molecule has 0 aliphatic rings. The lowest BCUT2D eigenvalue weighted by atomic mass is 10.1. The van der Waals surface area contributed by atoms with E-state index >= 15 is 0 Å². The molecule has 0 aliphatic heterocycles. The zero-order chi connectivity index (χ0) is 9.84. The molecule has 2 N–H and O–H groups in total. The number of benzene rings is 1. The zero-order valence-electron chi connectivity index (χ0n) is 6.88. The van der Waals surface area contributed by atoms with Crippen LogP contribution in [-0.2, 0) is 0 Å². The highest BCUT2D eigenvalue weighted by Crippen LogP contribution is 2.19. The first-order valence-corrected chi connectivity index (χ1v) is 4.26. The lowest BCUT2D eigenvalue weighted by molar-refractivity contribution is 0.128. The summed E-state index contributed by atoms with van der Waals surface area (Å²) >= 11 is 5.63. The molecule has 0 spiro atoms. The second-order valence-corrected chi connectivity index (χ2v) is 3.22. The number of hydrogen-bond donors (Lipinski definition) is 1. The molecule has 13 heavy (non-hydrogen) atoms. The smallest absolute Gasteiger partial charge is 0.240 e. The summed E-state index contributed by atoms with van der Waals surface area (Å²) in [6.07, 6.45) is -2.69. The van der Waals surface area contributed by atoms with Crippen LogP contribution in [0.5, 0.6) is 0 Å². The number of nitrogens with two attached hydrogens (primary N) is 1. The van der Waals surface area contributed by atoms with Gasteiger partial charge in [0.25, 0.3) is 0 Å². The van der Waals surface area contributed by atoms with Gasteiger partial charge < -0.3 is 5.73 Å². The molecule has 0 heterocycles. The van der Waals surface area contributed by atoms with Gasteiger partial charge in [-0.1, -0.05) is 23.7 Å². The van der Waals surface area contributed by atoms with E-state index in [1.165, 1.54) is 0 Å². The van der Waals surface area contributed by atoms with E-state index < -0.39 is 12.5 Å². The molecule has 0 amide bonds. The maximum atomic E-state index is 11.9. The molecule has 0 radical (unpaired) electrons. The van der Waals surface area contributed by atoms with Gasteiger partial charge in [-0.05, 0) is 17.7 Å². The van der Waals surface area contributed by atoms with Crippen molar-refractivity contribution in [2.24, 2.45) is 5.73 Å². The Bertz CT molecular complexity index is 261. The Kier molecular flexibility index (Phi) is 3.63. The van der Waals surface area contributed by atoms with E-state index in [0.717, 1.165) is 0 Å². The first kappa shape index (κ1) is 10.4. The maximum absolute atomic E-state index is 11.9. The van der Waals surface area contributed by atoms with Crippen LogP contribution in [0.3, 0.4) is 0 Å². The molecule has 0 fully saturated rings. The van der Waals surface area contributed by atoms with E-state index in [1.807, 2.05) is 0 Å². The van der Waals surface area contributed by atoms with Gasteiger partial charge in [0, 0.05) is 17.5 Å². The van der Waals surface area contributed by atoms with Gasteiger partial charge in [-0.15, -0.1) is 0 Å². The first-order chi connectivity index (χ1) is 6.09. The third-order valence-electron chi connectivity index (χ3n) is 1.73. The van der Waals surface area contributed by atoms with Crippen molar-refractivity contribution in [3.63, 3.8) is 0 Å². The first-order valence-electron chi connectivity index (χ1n) is 3.89. The van der Waals surface area contributed by atoms with Gasteiger partial charge in [-0.3, -0.25) is 0 Å². The van der Waals surface area contributed by atoms with Gasteiger partial charge in [0.2, 0.25) is 6.43 Å². The average Bonchev–Trinajstić information content (AvgIpc) is 2.04. The molecule has 0 saturated heterocycles. The molecule has 0 bridgehead atoms. The minimum absolute atomic E-state index is 0.318. The summed E-state index contributed by atoms with van der Waals surface area (Å²) < 4.78 is 23.9. The van der Waals surface area contributed by atoms with E-state index in [0.29, 0.717) is 10.6 Å². The number of alkyl halides is 2. The molecule has 0 unspecified atom stereocenters. The van der Waals surface area contributed by atoms with Crippen LogP contribution < -0.4 is 5.73 Å². The normalized spacial score (nSPS) is 13.3. The van der Waals surface area contributed by atoms with Gasteiger partial charge in [-0.25, -0.2) is 8.78 Å². The molecule has 1 rings (SSSR count). The van der Waals surface area contributed by atoms with Crippen LogP contribution in [-0.4, -0.2) is 6.43 Å². The minimum Gasteiger partial charge on any atom is -0.324 e. The highest BCUT2D eigenvalue weighted by atomic mass is 35.5. The van der Waals surface area contributed by atoms with Crippen LogP contribution in [0.2, 0.25) is 5.02 Å². The van der Waals surface area contributed by atoms with E-state index in [1.54, 1.807) is 24.3 Å². The van der Waals surface area contributed by atoms with Crippen molar-refractivity contribution < 1.29 is 8.78 Å². The third kappa shape index (κ3) is 3.28. The Morgan fingerprint density at radius 2 is 1.77 bits per heavy atom. The van der Waals surface area contributed by atoms with Crippen molar-refractivity contribution in [2.75, 3.05) is 0 Å². The Hall–Kier alpha value is -0.670. The van der Waals surface area contributed by atoms with E-state index in [9.17, 15) is 8.78 Å². The molecule has 1 aromatic rings. The third-order valence-corrected chi connectivity index (χ3v) is 1.98. The van der Waals surface area contributed by atoms with Crippen LogP contribution >= 0.6 is 11.6 Å². The van der Waals surface area contributed by atoms with Gasteiger partial charge >= 0.3 is 0 Å². The van der Waals surface area contributed by atoms with Gasteiger partial charge in [0.1, 0.15) is 0 Å². The molecule has 72 valence electrons. The van der Waals surface area contributed by atoms with Gasteiger partial charge in [-0.2, -0.15) is 0 Å². The Morgan fingerprint density at radius 3 is 2.23 bits per heavy atom. The molecule has 0 aliphatic carbocycles. The quantitative estimate of drug-likeness (QED) is 0.807. The lowest BCUT2D eigenvalue weighted by Crippen LogP contribution is -2.13. The lowest BCUT2D eigenvalue weighted by Gasteiger charge is -2.10. The Labute approximate surface area is 80.5 Å². The number of rotatable bonds is 3. The molecule has 1 atom stereocenters. The van der Waals surface area contributed by atoms with Crippen molar-refractivity contribution in [1.29, 1.82) is 0 Å². The largest absolute Gasteiger partial charge is 0.324 e. The summed E-state index contributed by atoms with van der Waals surface area (Å²) in [5, 5.41) is 0.577. The monoisotopic (exact) mass is 205 g/mol. The van der Waals surface area contributed by atoms with Crippen LogP contribution in [0, 0.1) is 0 Å². The molecular formula is C9H10ClF2N. The number of hydrogen-bond acceptors (Lipinski definition) is 1. The fraction of sp³-hybridized carbons (Fsp3) is 0.333. The highest BCUT2D eigenvalue weighted by Gasteiger charge is 2.12. The molecule has 1 nitrogen and oxygen atoms in total. The van der Waals surface area contributed by atoms with Crippen LogP contribution in [0.15, 0.2) is 24.3 Å². The van der Waals surface area contributed by atoms with Crippen molar-refractivity contribution in [3.05, 3.63) is 34.9 Å². The molecule has 0 aromatic heterocycles. The summed E-state index contributed by atoms with van der Waals surface area (Å²) in [7, 11) is 0. The standard InChI is InChI=1S/C9H10ClF2N/c10-7-3-1-6(2-4-7)8(13)5-9(11)12/h1-4,8-9H,5,13H2/t8-/m1/s1. The van der Waals surface area contributed by atoms with E-state index in [2.05, 4.69) is 0 Å². The molecule has 4 heteroatoms. The minimum atomic E-state index is -2.37. The summed E-state index contributed by atoms with van der Waals surface area (Å²) in [6, 6.07) is 5.99. The summed E-state index contributed by atoms with van der Waals surface area (Å²) in [6.45, 7) is 0. The number of halogens is 3. The molecule has 0 saturated carbocycles. The van der Waals surface area contributed by atoms with Crippen LogP contribution in [0.25, 0.3) is 0 Å². The predicted molar refractivity (Wildman–Crippen MR) is 49.0 cm³/mol. The Balaban J connectivity index is 2.66. The Morgan fingerprint density at radius 1 is 1.23 bits per heavy atom. The topological polar surface area (TPSA) is 26.0 Å². The van der Waals surface area contributed by atoms with Crippen LogP contribution in [0.1, 0.15) is 18.0 Å².